The van der Waals surface area contributed by atoms with Crippen molar-refractivity contribution in [3.63, 3.8) is 0 Å². The number of hydrogen-bond acceptors (Lipinski definition) is 2. The average Bonchev–Trinajstić information content (AvgIpc) is 2.27. The van der Waals surface area contributed by atoms with Crippen molar-refractivity contribution >= 4 is 0 Å². The molecule has 90 valence electrons. The molecule has 3 heteroatoms. The van der Waals surface area contributed by atoms with E-state index in [0.29, 0.717) is 5.56 Å². The Morgan fingerprint density at radius 2 is 2.12 bits per heavy atom. The highest BCUT2D eigenvalue weighted by Gasteiger charge is 2.29. The molecule has 0 bridgehead atoms. The van der Waals surface area contributed by atoms with Crippen molar-refractivity contribution < 1.29 is 14.2 Å². The van der Waals surface area contributed by atoms with Crippen molar-refractivity contribution in [2.45, 2.75) is 32.8 Å². The van der Waals surface area contributed by atoms with Crippen molar-refractivity contribution in [2.24, 2.45) is 5.92 Å². The maximum Gasteiger partial charge on any atom is 0.165 e. The third-order valence-corrected chi connectivity index (χ3v) is 3.31. The summed E-state index contributed by atoms with van der Waals surface area (Å²) in [7, 11) is 1.42. The predicted molar refractivity (Wildman–Crippen MR) is 62.0 cm³/mol. The van der Waals surface area contributed by atoms with E-state index in [2.05, 4.69) is 0 Å². The monoisotopic (exact) mass is 226 g/mol. The van der Waals surface area contributed by atoms with Gasteiger partial charge in [0.25, 0.3) is 0 Å². The van der Waals surface area contributed by atoms with Crippen LogP contribution >= 0.6 is 0 Å². The first kappa shape index (κ1) is 13.0. The van der Waals surface area contributed by atoms with Crippen molar-refractivity contribution in [2.75, 3.05) is 7.11 Å². The average molecular weight is 226 g/mol. The van der Waals surface area contributed by atoms with Crippen LogP contribution in [0.4, 0.5) is 4.39 Å². The standard InChI is InChI=1S/C13H19FO2/c1-5-9(2)13(3,15)10-6-7-12(16-4)11(14)8-10/h6-9,15H,5H2,1-4H3. The number of methoxy groups -OCH3 is 1. The third kappa shape index (κ3) is 2.35. The second kappa shape index (κ2) is 4.83. The molecule has 1 rings (SSSR count). The van der Waals surface area contributed by atoms with Crippen LogP contribution in [0.2, 0.25) is 0 Å². The highest BCUT2D eigenvalue weighted by Crippen LogP contribution is 2.33. The molecule has 0 saturated heterocycles. The summed E-state index contributed by atoms with van der Waals surface area (Å²) in [4.78, 5) is 0. The van der Waals surface area contributed by atoms with Crippen LogP contribution in [0.15, 0.2) is 18.2 Å². The van der Waals surface area contributed by atoms with E-state index < -0.39 is 11.4 Å². The summed E-state index contributed by atoms with van der Waals surface area (Å²) in [6.45, 7) is 5.66. The maximum absolute atomic E-state index is 13.5. The smallest absolute Gasteiger partial charge is 0.165 e. The Hall–Kier alpha value is -1.09. The summed E-state index contributed by atoms with van der Waals surface area (Å²) in [6, 6.07) is 4.58. The van der Waals surface area contributed by atoms with E-state index >= 15 is 0 Å². The lowest BCUT2D eigenvalue weighted by atomic mass is 9.82. The van der Waals surface area contributed by atoms with Gasteiger partial charge in [0.05, 0.1) is 12.7 Å². The molecule has 2 unspecified atom stereocenters. The highest BCUT2D eigenvalue weighted by atomic mass is 19.1. The van der Waals surface area contributed by atoms with Gasteiger partial charge in [0.15, 0.2) is 11.6 Å². The number of halogens is 1. The zero-order valence-electron chi connectivity index (χ0n) is 10.2. The van der Waals surface area contributed by atoms with E-state index in [9.17, 15) is 9.50 Å². The molecule has 2 atom stereocenters. The van der Waals surface area contributed by atoms with Gasteiger partial charge >= 0.3 is 0 Å². The molecule has 1 N–H and O–H groups in total. The second-order valence-corrected chi connectivity index (χ2v) is 4.31. The van der Waals surface area contributed by atoms with Gasteiger partial charge in [0.2, 0.25) is 0 Å². The highest BCUT2D eigenvalue weighted by molar-refractivity contribution is 5.32. The zero-order chi connectivity index (χ0) is 12.3. The van der Waals surface area contributed by atoms with E-state index in [-0.39, 0.29) is 11.7 Å². The Balaban J connectivity index is 3.09. The van der Waals surface area contributed by atoms with Crippen LogP contribution in [0.25, 0.3) is 0 Å². The summed E-state index contributed by atoms with van der Waals surface area (Å²) < 4.78 is 18.4. The lowest BCUT2D eigenvalue weighted by Gasteiger charge is -2.30. The van der Waals surface area contributed by atoms with Crippen molar-refractivity contribution in [3.8, 4) is 5.75 Å². The van der Waals surface area contributed by atoms with E-state index in [1.807, 2.05) is 13.8 Å². The van der Waals surface area contributed by atoms with E-state index in [0.717, 1.165) is 6.42 Å². The van der Waals surface area contributed by atoms with Gasteiger partial charge in [-0.3, -0.25) is 0 Å². The van der Waals surface area contributed by atoms with E-state index in [4.69, 9.17) is 4.74 Å². The van der Waals surface area contributed by atoms with Gasteiger partial charge in [0.1, 0.15) is 0 Å². The molecular formula is C13H19FO2. The van der Waals surface area contributed by atoms with Gasteiger partial charge in [-0.25, -0.2) is 4.39 Å². The van der Waals surface area contributed by atoms with Crippen LogP contribution in [0.1, 0.15) is 32.8 Å². The Morgan fingerprint density at radius 1 is 1.50 bits per heavy atom. The Morgan fingerprint density at radius 3 is 2.56 bits per heavy atom. The number of ether oxygens (including phenoxy) is 1. The Bertz CT molecular complexity index is 361. The minimum absolute atomic E-state index is 0.0697. The van der Waals surface area contributed by atoms with Gasteiger partial charge in [-0.05, 0) is 30.5 Å². The summed E-state index contributed by atoms with van der Waals surface area (Å²) >= 11 is 0. The number of rotatable bonds is 4. The minimum atomic E-state index is -1.01. The summed E-state index contributed by atoms with van der Waals surface area (Å²) in [5, 5.41) is 10.3. The van der Waals surface area contributed by atoms with Gasteiger partial charge in [-0.1, -0.05) is 26.3 Å². The molecular weight excluding hydrogens is 207 g/mol. The molecule has 0 heterocycles. The van der Waals surface area contributed by atoms with Crippen molar-refractivity contribution in [3.05, 3.63) is 29.6 Å². The molecule has 16 heavy (non-hydrogen) atoms. The number of aliphatic hydroxyl groups is 1. The van der Waals surface area contributed by atoms with Crippen LogP contribution in [-0.2, 0) is 5.60 Å². The molecule has 0 aliphatic carbocycles. The molecule has 0 aliphatic heterocycles. The number of benzene rings is 1. The first-order valence-corrected chi connectivity index (χ1v) is 5.49. The molecule has 0 aromatic heterocycles. The second-order valence-electron chi connectivity index (χ2n) is 4.31. The normalized spacial score (nSPS) is 16.6. The molecule has 1 aromatic carbocycles. The van der Waals surface area contributed by atoms with Crippen LogP contribution in [0.3, 0.4) is 0 Å². The van der Waals surface area contributed by atoms with Gasteiger partial charge in [-0.2, -0.15) is 0 Å². The molecule has 0 radical (unpaired) electrons. The molecule has 0 amide bonds. The molecule has 0 spiro atoms. The summed E-state index contributed by atoms with van der Waals surface area (Å²) in [5.74, 6) is -0.174. The number of hydrogen-bond donors (Lipinski definition) is 1. The fourth-order valence-electron chi connectivity index (χ4n) is 1.66. The fraction of sp³-hybridized carbons (Fsp3) is 0.538. The summed E-state index contributed by atoms with van der Waals surface area (Å²) in [5.41, 5.74) is -0.429. The molecule has 0 saturated carbocycles. The van der Waals surface area contributed by atoms with Crippen molar-refractivity contribution in [1.82, 2.24) is 0 Å². The topological polar surface area (TPSA) is 29.5 Å². The van der Waals surface area contributed by atoms with Gasteiger partial charge in [-0.15, -0.1) is 0 Å². The SMILES string of the molecule is CCC(C)C(C)(O)c1ccc(OC)c(F)c1. The van der Waals surface area contributed by atoms with Gasteiger partial charge < -0.3 is 9.84 Å². The summed E-state index contributed by atoms with van der Waals surface area (Å²) in [6.07, 6.45) is 0.834. The minimum Gasteiger partial charge on any atom is -0.494 e. The predicted octanol–water partition coefficient (Wildman–Crippen LogP) is 3.09. The first-order chi connectivity index (χ1) is 7.43. The van der Waals surface area contributed by atoms with E-state index in [1.165, 1.54) is 13.2 Å². The van der Waals surface area contributed by atoms with E-state index in [1.54, 1.807) is 19.1 Å². The van der Waals surface area contributed by atoms with Crippen LogP contribution in [0, 0.1) is 11.7 Å². The van der Waals surface area contributed by atoms with Gasteiger partial charge in [0, 0.05) is 0 Å². The largest absolute Gasteiger partial charge is 0.494 e. The Labute approximate surface area is 96.1 Å². The maximum atomic E-state index is 13.5. The lowest BCUT2D eigenvalue weighted by molar-refractivity contribution is -0.000294. The first-order valence-electron chi connectivity index (χ1n) is 5.49. The van der Waals surface area contributed by atoms with Crippen LogP contribution < -0.4 is 4.74 Å². The fourth-order valence-corrected chi connectivity index (χ4v) is 1.66. The quantitative estimate of drug-likeness (QED) is 0.854. The molecule has 0 aliphatic rings. The molecule has 1 aromatic rings. The lowest BCUT2D eigenvalue weighted by Crippen LogP contribution is -2.29. The zero-order valence-corrected chi connectivity index (χ0v) is 10.2. The van der Waals surface area contributed by atoms with Crippen LogP contribution in [-0.4, -0.2) is 12.2 Å². The molecule has 0 fully saturated rings. The third-order valence-electron chi connectivity index (χ3n) is 3.31. The molecule has 2 nitrogen and oxygen atoms in total. The van der Waals surface area contributed by atoms with Crippen molar-refractivity contribution in [1.29, 1.82) is 0 Å². The Kier molecular flexibility index (Phi) is 3.92. The van der Waals surface area contributed by atoms with Crippen LogP contribution in [0.5, 0.6) is 5.75 Å².